The molecule has 0 bridgehead atoms. The summed E-state index contributed by atoms with van der Waals surface area (Å²) in [5.74, 6) is 1.29. The third-order valence-electron chi connectivity index (χ3n) is 3.72. The number of hydrogen-bond donors (Lipinski definition) is 1. The third kappa shape index (κ3) is 5.93. The number of benzene rings is 2. The van der Waals surface area contributed by atoms with Crippen molar-refractivity contribution >= 4 is 17.2 Å². The maximum Gasteiger partial charge on any atom is 0.257 e. The van der Waals surface area contributed by atoms with E-state index in [2.05, 4.69) is 11.4 Å². The van der Waals surface area contributed by atoms with Gasteiger partial charge in [0.25, 0.3) is 5.91 Å². The molecular weight excluding hydrogens is 346 g/mol. The molecular formula is C21H21NO3S. The van der Waals surface area contributed by atoms with Crippen molar-refractivity contribution in [3.8, 4) is 11.5 Å². The molecule has 0 fully saturated rings. The molecule has 1 amide bonds. The first-order valence-corrected chi connectivity index (χ1v) is 9.36. The standard InChI is InChI=1S/C21H21NO3S/c23-21(22-13-12-20-7-4-14-26-20)16-25-19-10-8-18(9-11-19)24-15-17-5-2-1-3-6-17/h1-11,14H,12-13,15-16H2,(H,22,23). The van der Waals surface area contributed by atoms with Crippen LogP contribution in [0.3, 0.4) is 0 Å². The lowest BCUT2D eigenvalue weighted by Gasteiger charge is -2.09. The Bertz CT molecular complexity index is 786. The van der Waals surface area contributed by atoms with Gasteiger partial charge in [-0.15, -0.1) is 11.3 Å². The molecule has 1 N–H and O–H groups in total. The van der Waals surface area contributed by atoms with E-state index in [1.165, 1.54) is 4.88 Å². The van der Waals surface area contributed by atoms with Gasteiger partial charge in [0.2, 0.25) is 0 Å². The van der Waals surface area contributed by atoms with Crippen LogP contribution >= 0.6 is 11.3 Å². The Hall–Kier alpha value is -2.79. The van der Waals surface area contributed by atoms with E-state index in [0.717, 1.165) is 17.7 Å². The molecule has 4 nitrogen and oxygen atoms in total. The van der Waals surface area contributed by atoms with Crippen LogP contribution in [0.25, 0.3) is 0 Å². The van der Waals surface area contributed by atoms with Crippen molar-refractivity contribution in [2.75, 3.05) is 13.2 Å². The molecule has 0 radical (unpaired) electrons. The molecule has 134 valence electrons. The van der Waals surface area contributed by atoms with Gasteiger partial charge in [-0.25, -0.2) is 0 Å². The summed E-state index contributed by atoms with van der Waals surface area (Å²) in [6.07, 6.45) is 0.844. The van der Waals surface area contributed by atoms with Gasteiger partial charge in [0.1, 0.15) is 18.1 Å². The Morgan fingerprint density at radius 2 is 1.62 bits per heavy atom. The number of ether oxygens (including phenoxy) is 2. The molecule has 5 heteroatoms. The Morgan fingerprint density at radius 3 is 2.31 bits per heavy atom. The van der Waals surface area contributed by atoms with Crippen LogP contribution in [-0.4, -0.2) is 19.1 Å². The second-order valence-electron chi connectivity index (χ2n) is 5.71. The highest BCUT2D eigenvalue weighted by molar-refractivity contribution is 7.09. The molecule has 26 heavy (non-hydrogen) atoms. The zero-order chi connectivity index (χ0) is 18.0. The molecule has 0 saturated carbocycles. The molecule has 3 aromatic rings. The highest BCUT2D eigenvalue weighted by atomic mass is 32.1. The van der Waals surface area contributed by atoms with Crippen LogP contribution in [0.5, 0.6) is 11.5 Å². The Labute approximate surface area is 157 Å². The summed E-state index contributed by atoms with van der Waals surface area (Å²) in [6.45, 7) is 1.15. The van der Waals surface area contributed by atoms with Crippen LogP contribution in [0.15, 0.2) is 72.1 Å². The highest BCUT2D eigenvalue weighted by Gasteiger charge is 2.03. The van der Waals surface area contributed by atoms with Gasteiger partial charge < -0.3 is 14.8 Å². The minimum absolute atomic E-state index is 0.00859. The Balaban J connectivity index is 1.36. The van der Waals surface area contributed by atoms with Gasteiger partial charge >= 0.3 is 0 Å². The second kappa shape index (κ2) is 9.63. The number of nitrogens with one attached hydrogen (secondary N) is 1. The number of rotatable bonds is 9. The van der Waals surface area contributed by atoms with Crippen molar-refractivity contribution in [3.05, 3.63) is 82.6 Å². The molecule has 0 atom stereocenters. The fourth-order valence-electron chi connectivity index (χ4n) is 2.35. The quantitative estimate of drug-likeness (QED) is 0.620. The molecule has 0 aliphatic rings. The van der Waals surface area contributed by atoms with Crippen molar-refractivity contribution in [1.29, 1.82) is 0 Å². The van der Waals surface area contributed by atoms with Crippen molar-refractivity contribution in [1.82, 2.24) is 5.32 Å². The maximum atomic E-state index is 11.8. The normalized spacial score (nSPS) is 10.3. The molecule has 1 heterocycles. The zero-order valence-electron chi connectivity index (χ0n) is 14.4. The predicted octanol–water partition coefficient (Wildman–Crippen LogP) is 4.06. The van der Waals surface area contributed by atoms with E-state index in [0.29, 0.717) is 18.9 Å². The van der Waals surface area contributed by atoms with E-state index in [1.807, 2.05) is 53.9 Å². The van der Waals surface area contributed by atoms with E-state index in [9.17, 15) is 4.79 Å². The summed E-state index contributed by atoms with van der Waals surface area (Å²) in [5, 5.41) is 4.89. The van der Waals surface area contributed by atoms with Gasteiger partial charge in [-0.1, -0.05) is 36.4 Å². The third-order valence-corrected chi connectivity index (χ3v) is 4.65. The lowest BCUT2D eigenvalue weighted by molar-refractivity contribution is -0.123. The van der Waals surface area contributed by atoms with Crippen LogP contribution in [-0.2, 0) is 17.8 Å². The first-order chi connectivity index (χ1) is 12.8. The number of thiophene rings is 1. The van der Waals surface area contributed by atoms with Crippen molar-refractivity contribution in [3.63, 3.8) is 0 Å². The van der Waals surface area contributed by atoms with E-state index < -0.39 is 0 Å². The summed E-state index contributed by atoms with van der Waals surface area (Å²) in [4.78, 5) is 13.1. The summed E-state index contributed by atoms with van der Waals surface area (Å²) in [7, 11) is 0. The lowest BCUT2D eigenvalue weighted by atomic mass is 10.2. The van der Waals surface area contributed by atoms with Crippen molar-refractivity contribution in [2.45, 2.75) is 13.0 Å². The van der Waals surface area contributed by atoms with Gasteiger partial charge in [0.15, 0.2) is 6.61 Å². The predicted molar refractivity (Wildman–Crippen MR) is 104 cm³/mol. The van der Waals surface area contributed by atoms with Gasteiger partial charge in [-0.3, -0.25) is 4.79 Å². The fourth-order valence-corrected chi connectivity index (χ4v) is 3.06. The first-order valence-electron chi connectivity index (χ1n) is 8.48. The van der Waals surface area contributed by atoms with E-state index in [1.54, 1.807) is 23.5 Å². The summed E-state index contributed by atoms with van der Waals surface area (Å²) < 4.78 is 11.2. The minimum Gasteiger partial charge on any atom is -0.489 e. The topological polar surface area (TPSA) is 47.6 Å². The van der Waals surface area contributed by atoms with Crippen molar-refractivity contribution < 1.29 is 14.3 Å². The van der Waals surface area contributed by atoms with Crippen molar-refractivity contribution in [2.24, 2.45) is 0 Å². The molecule has 0 aliphatic carbocycles. The number of hydrogen-bond acceptors (Lipinski definition) is 4. The van der Waals surface area contributed by atoms with E-state index in [-0.39, 0.29) is 12.5 Å². The van der Waals surface area contributed by atoms with Gasteiger partial charge in [-0.05, 0) is 47.7 Å². The SMILES string of the molecule is O=C(COc1ccc(OCc2ccccc2)cc1)NCCc1cccs1. The molecule has 3 rings (SSSR count). The van der Waals surface area contributed by atoms with Crippen LogP contribution in [0, 0.1) is 0 Å². The molecule has 0 spiro atoms. The Kier molecular flexibility index (Phi) is 6.67. The van der Waals surface area contributed by atoms with Crippen LogP contribution in [0.1, 0.15) is 10.4 Å². The monoisotopic (exact) mass is 367 g/mol. The first kappa shape index (κ1) is 18.0. The van der Waals surface area contributed by atoms with Crippen LogP contribution in [0.4, 0.5) is 0 Å². The van der Waals surface area contributed by atoms with Gasteiger partial charge in [-0.2, -0.15) is 0 Å². The summed E-state index contributed by atoms with van der Waals surface area (Å²) in [6, 6.07) is 21.4. The largest absolute Gasteiger partial charge is 0.489 e. The second-order valence-corrected chi connectivity index (χ2v) is 6.75. The van der Waals surface area contributed by atoms with E-state index >= 15 is 0 Å². The average Bonchev–Trinajstić information content (AvgIpc) is 3.20. The highest BCUT2D eigenvalue weighted by Crippen LogP contribution is 2.18. The number of amides is 1. The summed E-state index contributed by atoms with van der Waals surface area (Å²) in [5.41, 5.74) is 1.12. The molecule has 2 aromatic carbocycles. The summed E-state index contributed by atoms with van der Waals surface area (Å²) >= 11 is 1.69. The van der Waals surface area contributed by atoms with Gasteiger partial charge in [0.05, 0.1) is 0 Å². The van der Waals surface area contributed by atoms with Gasteiger partial charge in [0, 0.05) is 11.4 Å². The molecule has 0 saturated heterocycles. The van der Waals surface area contributed by atoms with Crippen LogP contribution < -0.4 is 14.8 Å². The van der Waals surface area contributed by atoms with Crippen LogP contribution in [0.2, 0.25) is 0 Å². The average molecular weight is 367 g/mol. The maximum absolute atomic E-state index is 11.8. The smallest absolute Gasteiger partial charge is 0.257 e. The number of carbonyl (C=O) groups excluding carboxylic acids is 1. The minimum atomic E-state index is -0.119. The Morgan fingerprint density at radius 1 is 0.885 bits per heavy atom. The van der Waals surface area contributed by atoms with E-state index in [4.69, 9.17) is 9.47 Å². The molecule has 0 unspecified atom stereocenters. The lowest BCUT2D eigenvalue weighted by Crippen LogP contribution is -2.30. The number of carbonyl (C=O) groups is 1. The molecule has 1 aromatic heterocycles. The zero-order valence-corrected chi connectivity index (χ0v) is 15.2. The molecule has 0 aliphatic heterocycles. The fraction of sp³-hybridized carbons (Fsp3) is 0.190.